The average Bonchev–Trinajstić information content (AvgIpc) is 2.77. The Morgan fingerprint density at radius 2 is 2.28 bits per heavy atom. The molecule has 1 atom stereocenters. The van der Waals surface area contributed by atoms with Gasteiger partial charge in [-0.1, -0.05) is 19.9 Å². The molecule has 0 saturated heterocycles. The maximum absolute atomic E-state index is 11.9. The van der Waals surface area contributed by atoms with E-state index in [1.54, 1.807) is 6.20 Å². The van der Waals surface area contributed by atoms with Gasteiger partial charge in [-0.2, -0.15) is 5.10 Å². The number of fused-ring (bicyclic) bond motifs is 1. The van der Waals surface area contributed by atoms with Gasteiger partial charge in [0.1, 0.15) is 0 Å². The Morgan fingerprint density at radius 3 is 3.00 bits per heavy atom. The highest BCUT2D eigenvalue weighted by Gasteiger charge is 2.16. The van der Waals surface area contributed by atoms with Crippen LogP contribution in [0.4, 0.5) is 5.69 Å². The molecule has 1 aromatic heterocycles. The second-order valence-corrected chi connectivity index (χ2v) is 4.86. The number of benzene rings is 1. The molecule has 5 heteroatoms. The molecular formula is C13H18N4O. The second kappa shape index (κ2) is 5.18. The fourth-order valence-corrected chi connectivity index (χ4v) is 1.92. The molecule has 5 nitrogen and oxygen atoms in total. The van der Waals surface area contributed by atoms with Crippen molar-refractivity contribution in [2.24, 2.45) is 11.7 Å². The molecule has 0 aliphatic carbocycles. The highest BCUT2D eigenvalue weighted by atomic mass is 16.2. The summed E-state index contributed by atoms with van der Waals surface area (Å²) in [7, 11) is 0. The van der Waals surface area contributed by atoms with Crippen LogP contribution in [-0.4, -0.2) is 22.1 Å². The van der Waals surface area contributed by atoms with Gasteiger partial charge in [-0.15, -0.1) is 0 Å². The van der Waals surface area contributed by atoms with Crippen molar-refractivity contribution in [3.63, 3.8) is 0 Å². The van der Waals surface area contributed by atoms with Crippen molar-refractivity contribution in [2.75, 3.05) is 5.32 Å². The van der Waals surface area contributed by atoms with Gasteiger partial charge >= 0.3 is 0 Å². The van der Waals surface area contributed by atoms with Crippen LogP contribution in [0.3, 0.4) is 0 Å². The molecule has 2 rings (SSSR count). The summed E-state index contributed by atoms with van der Waals surface area (Å²) in [6.07, 6.45) is 2.37. The van der Waals surface area contributed by atoms with Gasteiger partial charge in [0.2, 0.25) is 5.91 Å². The number of hydrogen-bond donors (Lipinski definition) is 3. The lowest BCUT2D eigenvalue weighted by Crippen LogP contribution is -2.36. The van der Waals surface area contributed by atoms with Gasteiger partial charge in [-0.25, -0.2) is 0 Å². The largest absolute Gasteiger partial charge is 0.324 e. The molecule has 0 aliphatic rings. The van der Waals surface area contributed by atoms with Gasteiger partial charge in [0.05, 0.1) is 23.4 Å². The fourth-order valence-electron chi connectivity index (χ4n) is 1.92. The van der Waals surface area contributed by atoms with Gasteiger partial charge in [0.15, 0.2) is 0 Å². The highest BCUT2D eigenvalue weighted by Crippen LogP contribution is 2.21. The number of aromatic nitrogens is 2. The summed E-state index contributed by atoms with van der Waals surface area (Å²) in [5, 5.41) is 10.6. The van der Waals surface area contributed by atoms with Crippen LogP contribution in [0.15, 0.2) is 24.4 Å². The average molecular weight is 246 g/mol. The summed E-state index contributed by atoms with van der Waals surface area (Å²) in [5.74, 6) is 0.243. The molecule has 1 amide bonds. The standard InChI is InChI=1S/C13H18N4O/c1-8(2)6-10(14)13(18)16-11-4-3-5-12-9(11)7-15-17-12/h3-5,7-8,10H,6,14H2,1-2H3,(H,15,17)(H,16,18)/t10-/m0/s1. The van der Waals surface area contributed by atoms with E-state index in [-0.39, 0.29) is 5.91 Å². The molecule has 0 unspecified atom stereocenters. The van der Waals surface area contributed by atoms with E-state index in [0.717, 1.165) is 16.6 Å². The molecule has 1 heterocycles. The Morgan fingerprint density at radius 1 is 1.50 bits per heavy atom. The number of H-pyrrole nitrogens is 1. The summed E-state index contributed by atoms with van der Waals surface area (Å²) < 4.78 is 0. The van der Waals surface area contributed by atoms with E-state index in [1.165, 1.54) is 0 Å². The van der Waals surface area contributed by atoms with Crippen molar-refractivity contribution >= 4 is 22.5 Å². The predicted molar refractivity (Wildman–Crippen MR) is 72.2 cm³/mol. The lowest BCUT2D eigenvalue weighted by molar-refractivity contribution is -0.117. The van der Waals surface area contributed by atoms with Crippen LogP contribution in [0, 0.1) is 5.92 Å². The van der Waals surface area contributed by atoms with Gasteiger partial charge < -0.3 is 11.1 Å². The zero-order chi connectivity index (χ0) is 13.1. The minimum absolute atomic E-state index is 0.155. The summed E-state index contributed by atoms with van der Waals surface area (Å²) in [5.41, 5.74) is 7.48. The zero-order valence-electron chi connectivity index (χ0n) is 10.6. The van der Waals surface area contributed by atoms with Gasteiger partial charge in [-0.3, -0.25) is 9.89 Å². The van der Waals surface area contributed by atoms with E-state index in [0.29, 0.717) is 12.3 Å². The third-order valence-electron chi connectivity index (χ3n) is 2.80. The van der Waals surface area contributed by atoms with Crippen molar-refractivity contribution in [3.05, 3.63) is 24.4 Å². The Bertz CT molecular complexity index is 547. The SMILES string of the molecule is CC(C)C[C@H](N)C(=O)Nc1cccc2[nH]ncc12. The third kappa shape index (κ3) is 2.68. The van der Waals surface area contributed by atoms with E-state index in [4.69, 9.17) is 5.73 Å². The number of nitrogens with two attached hydrogens (primary N) is 1. The Kier molecular flexibility index (Phi) is 3.62. The number of nitrogens with one attached hydrogen (secondary N) is 2. The number of aromatic amines is 1. The molecule has 96 valence electrons. The quantitative estimate of drug-likeness (QED) is 0.770. The minimum atomic E-state index is -0.479. The molecule has 0 saturated carbocycles. The molecule has 0 radical (unpaired) electrons. The molecule has 0 fully saturated rings. The number of anilines is 1. The van der Waals surface area contributed by atoms with Crippen LogP contribution in [0.2, 0.25) is 0 Å². The van der Waals surface area contributed by atoms with E-state index in [2.05, 4.69) is 15.5 Å². The molecule has 2 aromatic rings. The molecule has 0 bridgehead atoms. The van der Waals surface area contributed by atoms with Crippen LogP contribution in [0.1, 0.15) is 20.3 Å². The maximum atomic E-state index is 11.9. The maximum Gasteiger partial charge on any atom is 0.241 e. The van der Waals surface area contributed by atoms with Crippen molar-refractivity contribution < 1.29 is 4.79 Å². The number of rotatable bonds is 4. The van der Waals surface area contributed by atoms with E-state index in [9.17, 15) is 4.79 Å². The van der Waals surface area contributed by atoms with E-state index >= 15 is 0 Å². The van der Waals surface area contributed by atoms with Crippen LogP contribution >= 0.6 is 0 Å². The van der Waals surface area contributed by atoms with Crippen LogP contribution < -0.4 is 11.1 Å². The summed E-state index contributed by atoms with van der Waals surface area (Å²) in [6.45, 7) is 4.09. The van der Waals surface area contributed by atoms with Gasteiger partial charge in [-0.05, 0) is 24.5 Å². The number of amides is 1. The third-order valence-corrected chi connectivity index (χ3v) is 2.80. The van der Waals surface area contributed by atoms with Gasteiger partial charge in [0.25, 0.3) is 0 Å². The summed E-state index contributed by atoms with van der Waals surface area (Å²) >= 11 is 0. The lowest BCUT2D eigenvalue weighted by Gasteiger charge is -2.14. The Labute approximate surface area is 106 Å². The Hall–Kier alpha value is -1.88. The zero-order valence-corrected chi connectivity index (χ0v) is 10.6. The molecule has 4 N–H and O–H groups in total. The topological polar surface area (TPSA) is 83.8 Å². The monoisotopic (exact) mass is 246 g/mol. The summed E-state index contributed by atoms with van der Waals surface area (Å²) in [6, 6.07) is 5.14. The lowest BCUT2D eigenvalue weighted by atomic mass is 10.0. The van der Waals surface area contributed by atoms with E-state index < -0.39 is 6.04 Å². The van der Waals surface area contributed by atoms with Crippen LogP contribution in [-0.2, 0) is 4.79 Å². The molecule has 0 spiro atoms. The molecule has 18 heavy (non-hydrogen) atoms. The van der Waals surface area contributed by atoms with E-state index in [1.807, 2.05) is 32.0 Å². The molecule has 1 aromatic carbocycles. The first-order chi connectivity index (χ1) is 8.58. The van der Waals surface area contributed by atoms with Gasteiger partial charge in [0, 0.05) is 5.39 Å². The van der Waals surface area contributed by atoms with Crippen molar-refractivity contribution in [2.45, 2.75) is 26.3 Å². The summed E-state index contributed by atoms with van der Waals surface area (Å²) in [4.78, 5) is 11.9. The number of hydrogen-bond acceptors (Lipinski definition) is 3. The molecular weight excluding hydrogens is 228 g/mol. The first kappa shape index (κ1) is 12.6. The first-order valence-electron chi connectivity index (χ1n) is 6.06. The molecule has 0 aliphatic heterocycles. The number of nitrogens with zero attached hydrogens (tertiary/aromatic N) is 1. The fraction of sp³-hybridized carbons (Fsp3) is 0.385. The number of carbonyl (C=O) groups excluding carboxylic acids is 1. The minimum Gasteiger partial charge on any atom is -0.324 e. The van der Waals surface area contributed by atoms with Crippen molar-refractivity contribution in [1.82, 2.24) is 10.2 Å². The van der Waals surface area contributed by atoms with Crippen LogP contribution in [0.25, 0.3) is 10.9 Å². The first-order valence-corrected chi connectivity index (χ1v) is 6.06. The van der Waals surface area contributed by atoms with Crippen LogP contribution in [0.5, 0.6) is 0 Å². The smallest absolute Gasteiger partial charge is 0.241 e. The van der Waals surface area contributed by atoms with Crippen molar-refractivity contribution in [3.8, 4) is 0 Å². The second-order valence-electron chi connectivity index (χ2n) is 4.86. The predicted octanol–water partition coefficient (Wildman–Crippen LogP) is 1.87. The highest BCUT2D eigenvalue weighted by molar-refractivity contribution is 6.02. The Balaban J connectivity index is 2.14. The number of carbonyl (C=O) groups is 1. The van der Waals surface area contributed by atoms with Crippen molar-refractivity contribution in [1.29, 1.82) is 0 Å². The normalized spacial score (nSPS) is 12.9.